The monoisotopic (exact) mass is 412 g/mol. The van der Waals surface area contributed by atoms with Gasteiger partial charge in [0.15, 0.2) is 0 Å². The SMILES string of the molecule is O=C1Cc2ccc(OC3CN(C(=O)N4N=CC[C@H]4c4cc(F)cc(F)c4)C3)cc2N1. The van der Waals surface area contributed by atoms with Crippen molar-refractivity contribution in [3.8, 4) is 5.75 Å². The van der Waals surface area contributed by atoms with Crippen molar-refractivity contribution >= 4 is 23.8 Å². The lowest BCUT2D eigenvalue weighted by molar-refractivity contribution is -0.115. The first-order valence-electron chi connectivity index (χ1n) is 9.62. The lowest BCUT2D eigenvalue weighted by Crippen LogP contribution is -2.58. The summed E-state index contributed by atoms with van der Waals surface area (Å²) in [7, 11) is 0. The third-order valence-corrected chi connectivity index (χ3v) is 5.42. The molecule has 5 rings (SSSR count). The van der Waals surface area contributed by atoms with Crippen LogP contribution < -0.4 is 10.1 Å². The Balaban J connectivity index is 1.21. The van der Waals surface area contributed by atoms with Crippen molar-refractivity contribution in [2.45, 2.75) is 25.0 Å². The summed E-state index contributed by atoms with van der Waals surface area (Å²) in [6.45, 7) is 0.747. The van der Waals surface area contributed by atoms with Gasteiger partial charge in [0.05, 0.1) is 25.6 Å². The minimum atomic E-state index is -0.688. The minimum Gasteiger partial charge on any atom is -0.487 e. The Morgan fingerprint density at radius 1 is 1.13 bits per heavy atom. The highest BCUT2D eigenvalue weighted by molar-refractivity contribution is 5.99. The van der Waals surface area contributed by atoms with Gasteiger partial charge >= 0.3 is 6.03 Å². The van der Waals surface area contributed by atoms with Gasteiger partial charge in [0, 0.05) is 30.5 Å². The number of urea groups is 1. The zero-order valence-electron chi connectivity index (χ0n) is 15.8. The van der Waals surface area contributed by atoms with Gasteiger partial charge in [0.2, 0.25) is 5.91 Å². The summed E-state index contributed by atoms with van der Waals surface area (Å²) in [6.07, 6.45) is 2.15. The highest BCUT2D eigenvalue weighted by atomic mass is 19.1. The van der Waals surface area contributed by atoms with Crippen molar-refractivity contribution in [1.29, 1.82) is 0 Å². The molecule has 0 unspecified atom stereocenters. The molecule has 7 nitrogen and oxygen atoms in total. The Hall–Kier alpha value is -3.49. The first kappa shape index (κ1) is 18.5. The predicted octanol–water partition coefficient (Wildman–Crippen LogP) is 3.08. The van der Waals surface area contributed by atoms with E-state index < -0.39 is 17.7 Å². The van der Waals surface area contributed by atoms with E-state index in [2.05, 4.69) is 10.4 Å². The number of nitrogens with one attached hydrogen (secondary N) is 1. The minimum absolute atomic E-state index is 0.0403. The molecule has 3 amide bonds. The molecule has 0 aromatic heterocycles. The number of ether oxygens (including phenoxy) is 1. The highest BCUT2D eigenvalue weighted by Crippen LogP contribution is 2.32. The molecule has 0 bridgehead atoms. The van der Waals surface area contributed by atoms with Gasteiger partial charge in [-0.1, -0.05) is 6.07 Å². The van der Waals surface area contributed by atoms with Gasteiger partial charge in [0.1, 0.15) is 23.5 Å². The Bertz CT molecular complexity index is 1050. The third kappa shape index (κ3) is 3.36. The van der Waals surface area contributed by atoms with E-state index in [1.165, 1.54) is 17.1 Å². The van der Waals surface area contributed by atoms with E-state index in [1.807, 2.05) is 12.1 Å². The molecule has 0 radical (unpaired) electrons. The highest BCUT2D eigenvalue weighted by Gasteiger charge is 2.39. The van der Waals surface area contributed by atoms with Crippen molar-refractivity contribution < 1.29 is 23.1 Å². The average Bonchev–Trinajstić information content (AvgIpc) is 3.28. The quantitative estimate of drug-likeness (QED) is 0.842. The molecule has 154 valence electrons. The van der Waals surface area contributed by atoms with Crippen LogP contribution in [-0.2, 0) is 11.2 Å². The van der Waals surface area contributed by atoms with Crippen molar-refractivity contribution in [3.05, 3.63) is 59.2 Å². The molecule has 2 aromatic carbocycles. The molecular weight excluding hydrogens is 394 g/mol. The van der Waals surface area contributed by atoms with Crippen LogP contribution in [0.3, 0.4) is 0 Å². The van der Waals surface area contributed by atoms with Crippen LogP contribution in [-0.4, -0.2) is 47.3 Å². The molecule has 3 heterocycles. The van der Waals surface area contributed by atoms with E-state index in [0.717, 1.165) is 17.3 Å². The predicted molar refractivity (Wildman–Crippen MR) is 104 cm³/mol. The second kappa shape index (κ2) is 7.08. The molecular formula is C21H18F2N4O3. The molecule has 1 atom stereocenters. The number of likely N-dealkylation sites (tertiary alicyclic amines) is 1. The molecule has 3 aliphatic heterocycles. The van der Waals surface area contributed by atoms with Crippen LogP contribution >= 0.6 is 0 Å². The number of hydrogen-bond donors (Lipinski definition) is 1. The molecule has 0 aliphatic carbocycles. The van der Waals surface area contributed by atoms with Gasteiger partial charge in [-0.3, -0.25) is 4.79 Å². The second-order valence-corrected chi connectivity index (χ2v) is 7.57. The number of anilines is 1. The molecule has 1 N–H and O–H groups in total. The lowest BCUT2D eigenvalue weighted by Gasteiger charge is -2.41. The fourth-order valence-corrected chi connectivity index (χ4v) is 3.92. The number of carbonyl (C=O) groups is 2. The smallest absolute Gasteiger partial charge is 0.341 e. The van der Waals surface area contributed by atoms with E-state index in [1.54, 1.807) is 17.2 Å². The molecule has 0 saturated carbocycles. The number of hydrogen-bond acceptors (Lipinski definition) is 4. The Labute approximate surface area is 170 Å². The van der Waals surface area contributed by atoms with Crippen LogP contribution in [0.1, 0.15) is 23.6 Å². The largest absolute Gasteiger partial charge is 0.487 e. The number of nitrogens with zero attached hydrogens (tertiary/aromatic N) is 3. The number of hydrazone groups is 1. The van der Waals surface area contributed by atoms with Gasteiger partial charge < -0.3 is 15.0 Å². The average molecular weight is 412 g/mol. The van der Waals surface area contributed by atoms with Crippen molar-refractivity contribution in [1.82, 2.24) is 9.91 Å². The number of rotatable bonds is 3. The van der Waals surface area contributed by atoms with E-state index in [9.17, 15) is 18.4 Å². The van der Waals surface area contributed by atoms with E-state index in [4.69, 9.17) is 4.74 Å². The van der Waals surface area contributed by atoms with Crippen LogP contribution in [0.5, 0.6) is 5.75 Å². The number of halogens is 2. The molecule has 9 heteroatoms. The van der Waals surface area contributed by atoms with Gasteiger partial charge in [-0.2, -0.15) is 5.10 Å². The zero-order chi connectivity index (χ0) is 20.8. The molecule has 1 saturated heterocycles. The summed E-state index contributed by atoms with van der Waals surface area (Å²) in [4.78, 5) is 25.8. The maximum absolute atomic E-state index is 13.6. The van der Waals surface area contributed by atoms with Gasteiger partial charge in [-0.25, -0.2) is 18.6 Å². The van der Waals surface area contributed by atoms with Crippen molar-refractivity contribution in [3.63, 3.8) is 0 Å². The fraction of sp³-hybridized carbons (Fsp3) is 0.286. The van der Waals surface area contributed by atoms with Crippen LogP contribution in [0.15, 0.2) is 41.5 Å². The zero-order valence-corrected chi connectivity index (χ0v) is 15.8. The fourth-order valence-electron chi connectivity index (χ4n) is 3.92. The maximum Gasteiger partial charge on any atom is 0.341 e. The molecule has 3 aliphatic rings. The van der Waals surface area contributed by atoms with Gasteiger partial charge in [0.25, 0.3) is 0 Å². The summed E-state index contributed by atoms with van der Waals surface area (Å²) in [5, 5.41) is 8.14. The number of amides is 3. The Kier molecular flexibility index (Phi) is 4.38. The van der Waals surface area contributed by atoms with Crippen LogP contribution in [0.2, 0.25) is 0 Å². The second-order valence-electron chi connectivity index (χ2n) is 7.57. The first-order valence-corrected chi connectivity index (χ1v) is 9.62. The summed E-state index contributed by atoms with van der Waals surface area (Å²) < 4.78 is 33.0. The lowest BCUT2D eigenvalue weighted by atomic mass is 10.0. The van der Waals surface area contributed by atoms with Crippen LogP contribution in [0.25, 0.3) is 0 Å². The van der Waals surface area contributed by atoms with E-state index >= 15 is 0 Å². The summed E-state index contributed by atoms with van der Waals surface area (Å²) in [5.41, 5.74) is 2.05. The van der Waals surface area contributed by atoms with Crippen molar-refractivity contribution in [2.24, 2.45) is 5.10 Å². The Morgan fingerprint density at radius 2 is 1.90 bits per heavy atom. The molecule has 2 aromatic rings. The molecule has 1 fully saturated rings. The summed E-state index contributed by atoms with van der Waals surface area (Å²) >= 11 is 0. The van der Waals surface area contributed by atoms with Crippen LogP contribution in [0.4, 0.5) is 19.3 Å². The van der Waals surface area contributed by atoms with E-state index in [-0.39, 0.29) is 18.0 Å². The summed E-state index contributed by atoms with van der Waals surface area (Å²) in [6, 6.07) is 7.81. The summed E-state index contributed by atoms with van der Waals surface area (Å²) in [5.74, 6) is -0.790. The molecule has 0 spiro atoms. The third-order valence-electron chi connectivity index (χ3n) is 5.42. The number of carbonyl (C=O) groups excluding carboxylic acids is 2. The normalized spacial score (nSPS) is 20.2. The van der Waals surface area contributed by atoms with Crippen molar-refractivity contribution in [2.75, 3.05) is 18.4 Å². The van der Waals surface area contributed by atoms with E-state index in [0.29, 0.717) is 37.2 Å². The topological polar surface area (TPSA) is 74.2 Å². The Morgan fingerprint density at radius 3 is 2.67 bits per heavy atom. The molecule has 30 heavy (non-hydrogen) atoms. The van der Waals surface area contributed by atoms with Gasteiger partial charge in [-0.15, -0.1) is 0 Å². The number of fused-ring (bicyclic) bond motifs is 1. The maximum atomic E-state index is 13.6. The van der Waals surface area contributed by atoms with Gasteiger partial charge in [-0.05, 0) is 29.3 Å². The van der Waals surface area contributed by atoms with Crippen LogP contribution in [0, 0.1) is 11.6 Å². The first-order chi connectivity index (χ1) is 14.5. The standard InChI is InChI=1S/C21H18F2N4O3/c22-14-5-13(6-15(23)8-14)19-3-4-24-27(19)21(29)26-10-17(11-26)30-16-2-1-12-7-20(28)25-18(12)9-16/h1-2,4-6,8-9,17,19H,3,7,10-11H2,(H,25,28)/t19-/m0/s1. The number of benzene rings is 2.